The molecule has 6 heteroatoms. The van der Waals surface area contributed by atoms with Gasteiger partial charge in [0.15, 0.2) is 0 Å². The second kappa shape index (κ2) is 5.94. The van der Waals surface area contributed by atoms with Gasteiger partial charge in [-0.2, -0.15) is 0 Å². The zero-order chi connectivity index (χ0) is 15.9. The number of hydrogen-bond acceptors (Lipinski definition) is 2. The maximum atomic E-state index is 12.5. The number of nitrogens with zero attached hydrogens (tertiary/aromatic N) is 2. The van der Waals surface area contributed by atoms with Gasteiger partial charge in [0.05, 0.1) is 10.0 Å². The maximum Gasteiger partial charge on any atom is 0.253 e. The van der Waals surface area contributed by atoms with Crippen LogP contribution in [0.3, 0.4) is 0 Å². The third-order valence-corrected chi connectivity index (χ3v) is 5.17. The molecule has 3 rings (SSSR count). The van der Waals surface area contributed by atoms with E-state index in [0.717, 1.165) is 0 Å². The van der Waals surface area contributed by atoms with Crippen molar-refractivity contribution in [2.45, 2.75) is 0 Å². The number of carbonyl (C=O) groups excluding carboxylic acids is 2. The molecule has 22 heavy (non-hydrogen) atoms. The zero-order valence-corrected chi connectivity index (χ0v) is 13.5. The van der Waals surface area contributed by atoms with Gasteiger partial charge in [0, 0.05) is 43.6 Å². The Hall–Kier alpha value is -1.52. The molecule has 2 heterocycles. The van der Waals surface area contributed by atoms with Crippen molar-refractivity contribution < 1.29 is 9.59 Å². The minimum absolute atomic E-state index is 0.0308. The molecule has 0 bridgehead atoms. The smallest absolute Gasteiger partial charge is 0.253 e. The van der Waals surface area contributed by atoms with E-state index in [-0.39, 0.29) is 11.8 Å². The predicted octanol–water partition coefficient (Wildman–Crippen LogP) is 2.71. The van der Waals surface area contributed by atoms with Crippen molar-refractivity contribution in [2.75, 3.05) is 26.2 Å². The summed E-state index contributed by atoms with van der Waals surface area (Å²) in [7, 11) is 0. The molecule has 2 atom stereocenters. The molecule has 1 aromatic rings. The first kappa shape index (κ1) is 15.4. The lowest BCUT2D eigenvalue weighted by Crippen LogP contribution is -2.35. The fraction of sp³-hybridized carbons (Fsp3) is 0.375. The Kier molecular flexibility index (Phi) is 4.15. The minimum Gasteiger partial charge on any atom is -0.338 e. The number of rotatable bonds is 2. The molecule has 0 aromatic heterocycles. The van der Waals surface area contributed by atoms with E-state index in [1.807, 2.05) is 9.80 Å². The Morgan fingerprint density at radius 2 is 1.64 bits per heavy atom. The number of halogens is 2. The largest absolute Gasteiger partial charge is 0.338 e. The van der Waals surface area contributed by atoms with Crippen LogP contribution in [-0.2, 0) is 4.79 Å². The van der Waals surface area contributed by atoms with Crippen LogP contribution in [0.1, 0.15) is 10.4 Å². The van der Waals surface area contributed by atoms with Gasteiger partial charge in [-0.05, 0) is 24.3 Å². The third-order valence-electron chi connectivity index (χ3n) is 4.43. The number of fused-ring (bicyclic) bond motifs is 1. The van der Waals surface area contributed by atoms with E-state index in [4.69, 9.17) is 23.2 Å². The van der Waals surface area contributed by atoms with Gasteiger partial charge in [0.1, 0.15) is 0 Å². The Labute approximate surface area is 139 Å². The molecule has 0 N–H and O–H groups in total. The van der Waals surface area contributed by atoms with Crippen molar-refractivity contribution >= 4 is 35.0 Å². The quantitative estimate of drug-likeness (QED) is 0.778. The maximum absolute atomic E-state index is 12.5. The molecular formula is C16H16Cl2N2O2. The summed E-state index contributed by atoms with van der Waals surface area (Å²) >= 11 is 11.9. The van der Waals surface area contributed by atoms with Crippen LogP contribution < -0.4 is 0 Å². The summed E-state index contributed by atoms with van der Waals surface area (Å²) in [5.74, 6) is 0.623. The highest BCUT2D eigenvalue weighted by Gasteiger charge is 2.42. The summed E-state index contributed by atoms with van der Waals surface area (Å²) in [6, 6.07) is 4.94. The number of likely N-dealkylation sites (tertiary alicyclic amines) is 2. The van der Waals surface area contributed by atoms with Gasteiger partial charge < -0.3 is 9.80 Å². The highest BCUT2D eigenvalue weighted by Crippen LogP contribution is 2.32. The van der Waals surface area contributed by atoms with Gasteiger partial charge in [-0.3, -0.25) is 9.59 Å². The number of amides is 2. The molecule has 2 amide bonds. The Balaban J connectivity index is 1.67. The molecule has 4 nitrogen and oxygen atoms in total. The number of carbonyl (C=O) groups is 2. The molecule has 0 aliphatic carbocycles. The lowest BCUT2D eigenvalue weighted by molar-refractivity contribution is -0.125. The standard InChI is InChI=1S/C16H16Cl2N2O2/c1-2-15(21)19-6-11-8-20(9-12(11)7-19)16(22)10-3-4-13(17)14(18)5-10/h2-5,11-12H,1,6-9H2. The predicted molar refractivity (Wildman–Crippen MR) is 86.1 cm³/mol. The van der Waals surface area contributed by atoms with E-state index in [1.54, 1.807) is 18.2 Å². The van der Waals surface area contributed by atoms with Crippen molar-refractivity contribution in [3.63, 3.8) is 0 Å². The summed E-state index contributed by atoms with van der Waals surface area (Å²) in [5.41, 5.74) is 0.549. The first-order chi connectivity index (χ1) is 10.5. The van der Waals surface area contributed by atoms with E-state index in [1.165, 1.54) is 6.08 Å². The molecule has 2 saturated heterocycles. The molecular weight excluding hydrogens is 323 g/mol. The summed E-state index contributed by atoms with van der Waals surface area (Å²) in [5, 5.41) is 0.824. The van der Waals surface area contributed by atoms with Gasteiger partial charge in [-0.1, -0.05) is 29.8 Å². The normalized spacial score (nSPS) is 23.5. The molecule has 0 radical (unpaired) electrons. The lowest BCUT2D eigenvalue weighted by atomic mass is 10.0. The van der Waals surface area contributed by atoms with Crippen LogP contribution in [0.15, 0.2) is 30.9 Å². The average Bonchev–Trinajstić information content (AvgIpc) is 3.07. The van der Waals surface area contributed by atoms with Crippen LogP contribution >= 0.6 is 23.2 Å². The SMILES string of the molecule is C=CC(=O)N1CC2CN(C(=O)c3ccc(Cl)c(Cl)c3)CC2C1. The first-order valence-electron chi connectivity index (χ1n) is 7.15. The van der Waals surface area contributed by atoms with Crippen LogP contribution in [0.4, 0.5) is 0 Å². The van der Waals surface area contributed by atoms with Crippen LogP contribution in [0.2, 0.25) is 10.0 Å². The first-order valence-corrected chi connectivity index (χ1v) is 7.91. The van der Waals surface area contributed by atoms with E-state index >= 15 is 0 Å². The third kappa shape index (κ3) is 2.73. The molecule has 2 unspecified atom stereocenters. The minimum atomic E-state index is -0.0328. The fourth-order valence-electron chi connectivity index (χ4n) is 3.28. The highest BCUT2D eigenvalue weighted by atomic mass is 35.5. The van der Waals surface area contributed by atoms with Crippen molar-refractivity contribution in [2.24, 2.45) is 11.8 Å². The van der Waals surface area contributed by atoms with E-state index in [9.17, 15) is 9.59 Å². The van der Waals surface area contributed by atoms with Gasteiger partial charge in [0.2, 0.25) is 5.91 Å². The Morgan fingerprint density at radius 1 is 1.05 bits per heavy atom. The van der Waals surface area contributed by atoms with Gasteiger partial charge >= 0.3 is 0 Å². The molecule has 2 fully saturated rings. The lowest BCUT2D eigenvalue weighted by Gasteiger charge is -2.21. The molecule has 2 aliphatic rings. The van der Waals surface area contributed by atoms with Gasteiger partial charge in [-0.15, -0.1) is 0 Å². The van der Waals surface area contributed by atoms with Gasteiger partial charge in [-0.25, -0.2) is 0 Å². The average molecular weight is 339 g/mol. The second-order valence-electron chi connectivity index (χ2n) is 5.81. The van der Waals surface area contributed by atoms with Crippen molar-refractivity contribution in [1.29, 1.82) is 0 Å². The summed E-state index contributed by atoms with van der Waals surface area (Å²) < 4.78 is 0. The van der Waals surface area contributed by atoms with Crippen LogP contribution in [-0.4, -0.2) is 47.8 Å². The van der Waals surface area contributed by atoms with E-state index in [0.29, 0.717) is 53.6 Å². The summed E-state index contributed by atoms with van der Waals surface area (Å²) in [4.78, 5) is 27.8. The molecule has 0 saturated carbocycles. The molecule has 0 spiro atoms. The molecule has 2 aliphatic heterocycles. The van der Waals surface area contributed by atoms with Gasteiger partial charge in [0.25, 0.3) is 5.91 Å². The van der Waals surface area contributed by atoms with E-state index < -0.39 is 0 Å². The summed E-state index contributed by atoms with van der Waals surface area (Å²) in [6.45, 7) is 6.25. The Bertz CT molecular complexity index is 633. The van der Waals surface area contributed by atoms with Crippen LogP contribution in [0.25, 0.3) is 0 Å². The molecule has 1 aromatic carbocycles. The molecule has 116 valence electrons. The topological polar surface area (TPSA) is 40.6 Å². The number of benzene rings is 1. The fourth-order valence-corrected chi connectivity index (χ4v) is 3.58. The Morgan fingerprint density at radius 3 is 2.18 bits per heavy atom. The second-order valence-corrected chi connectivity index (χ2v) is 6.62. The van der Waals surface area contributed by atoms with Crippen molar-refractivity contribution in [3.05, 3.63) is 46.5 Å². The zero-order valence-electron chi connectivity index (χ0n) is 12.0. The summed E-state index contributed by atoms with van der Waals surface area (Å²) in [6.07, 6.45) is 1.35. The monoisotopic (exact) mass is 338 g/mol. The highest BCUT2D eigenvalue weighted by molar-refractivity contribution is 6.42. The van der Waals surface area contributed by atoms with E-state index in [2.05, 4.69) is 6.58 Å². The van der Waals surface area contributed by atoms with Crippen LogP contribution in [0.5, 0.6) is 0 Å². The number of hydrogen-bond donors (Lipinski definition) is 0. The van der Waals surface area contributed by atoms with Crippen molar-refractivity contribution in [1.82, 2.24) is 9.80 Å². The van der Waals surface area contributed by atoms with Crippen LogP contribution in [0, 0.1) is 11.8 Å². The van der Waals surface area contributed by atoms with Crippen molar-refractivity contribution in [3.8, 4) is 0 Å².